The average Bonchev–Trinajstić information content (AvgIpc) is 2.16. The van der Waals surface area contributed by atoms with Gasteiger partial charge in [-0.1, -0.05) is 6.92 Å². The van der Waals surface area contributed by atoms with E-state index in [1.54, 1.807) is 0 Å². The van der Waals surface area contributed by atoms with Crippen LogP contribution in [-0.4, -0.2) is 43.2 Å². The van der Waals surface area contributed by atoms with Crippen LogP contribution in [0.4, 0.5) is 8.78 Å². The Morgan fingerprint density at radius 1 is 1.50 bits per heavy atom. The van der Waals surface area contributed by atoms with Crippen LogP contribution < -0.4 is 0 Å². The van der Waals surface area contributed by atoms with Gasteiger partial charge in [-0.25, -0.2) is 8.78 Å². The molecule has 0 bridgehead atoms. The third kappa shape index (κ3) is 3.17. The molecule has 1 rings (SSSR count). The first kappa shape index (κ1) is 11.9. The summed E-state index contributed by atoms with van der Waals surface area (Å²) in [6.45, 7) is 6.08. The summed E-state index contributed by atoms with van der Waals surface area (Å²) in [5.74, 6) is 0. The van der Waals surface area contributed by atoms with E-state index in [0.717, 1.165) is 13.0 Å². The number of halogens is 2. The Balaban J connectivity index is 2.49. The SMILES string of the molecule is CCC(C)N1CCOCC1CC(F)F. The summed E-state index contributed by atoms with van der Waals surface area (Å²) in [5, 5.41) is 0. The topological polar surface area (TPSA) is 12.5 Å². The number of alkyl halides is 2. The zero-order valence-corrected chi connectivity index (χ0v) is 8.88. The third-order valence-electron chi connectivity index (χ3n) is 2.88. The molecule has 1 aliphatic heterocycles. The van der Waals surface area contributed by atoms with Crippen molar-refractivity contribution < 1.29 is 13.5 Å². The first-order valence-electron chi connectivity index (χ1n) is 5.26. The molecule has 0 aromatic rings. The highest BCUT2D eigenvalue weighted by molar-refractivity contribution is 4.79. The maximum Gasteiger partial charge on any atom is 0.240 e. The maximum atomic E-state index is 12.3. The number of morpholine rings is 1. The van der Waals surface area contributed by atoms with E-state index < -0.39 is 6.43 Å². The van der Waals surface area contributed by atoms with Gasteiger partial charge in [0.2, 0.25) is 6.43 Å². The predicted octanol–water partition coefficient (Wildman–Crippen LogP) is 2.14. The van der Waals surface area contributed by atoms with Crippen LogP contribution in [0.5, 0.6) is 0 Å². The highest BCUT2D eigenvalue weighted by Gasteiger charge is 2.28. The average molecular weight is 207 g/mol. The molecule has 0 saturated carbocycles. The van der Waals surface area contributed by atoms with Gasteiger partial charge in [0.05, 0.1) is 13.2 Å². The number of hydrogen-bond acceptors (Lipinski definition) is 2. The lowest BCUT2D eigenvalue weighted by Gasteiger charge is -2.39. The van der Waals surface area contributed by atoms with Gasteiger partial charge < -0.3 is 4.74 Å². The number of rotatable bonds is 4. The van der Waals surface area contributed by atoms with Gasteiger partial charge >= 0.3 is 0 Å². The molecule has 0 aromatic carbocycles. The Morgan fingerprint density at radius 3 is 2.79 bits per heavy atom. The van der Waals surface area contributed by atoms with E-state index in [0.29, 0.717) is 19.3 Å². The van der Waals surface area contributed by atoms with Crippen LogP contribution in [0.15, 0.2) is 0 Å². The molecule has 1 heterocycles. The van der Waals surface area contributed by atoms with Crippen molar-refractivity contribution in [1.29, 1.82) is 0 Å². The highest BCUT2D eigenvalue weighted by atomic mass is 19.3. The molecule has 4 heteroatoms. The minimum atomic E-state index is -2.23. The van der Waals surface area contributed by atoms with E-state index in [1.807, 2.05) is 0 Å². The standard InChI is InChI=1S/C10H19F2NO/c1-3-8(2)13-4-5-14-7-9(13)6-10(11)12/h8-10H,3-7H2,1-2H3. The van der Waals surface area contributed by atoms with Gasteiger partial charge in [0.1, 0.15) is 0 Å². The fourth-order valence-corrected chi connectivity index (χ4v) is 1.89. The molecule has 1 saturated heterocycles. The predicted molar refractivity (Wildman–Crippen MR) is 51.7 cm³/mol. The van der Waals surface area contributed by atoms with Gasteiger partial charge in [-0.15, -0.1) is 0 Å². The molecule has 2 atom stereocenters. The Kier molecular flexibility index (Phi) is 4.75. The molecule has 2 nitrogen and oxygen atoms in total. The van der Waals surface area contributed by atoms with Crippen LogP contribution in [-0.2, 0) is 4.74 Å². The van der Waals surface area contributed by atoms with E-state index in [-0.39, 0.29) is 12.5 Å². The Hall–Kier alpha value is -0.220. The molecular weight excluding hydrogens is 188 g/mol. The van der Waals surface area contributed by atoms with Crippen molar-refractivity contribution in [2.75, 3.05) is 19.8 Å². The second-order valence-corrected chi connectivity index (χ2v) is 3.85. The zero-order chi connectivity index (χ0) is 10.6. The molecule has 0 N–H and O–H groups in total. The van der Waals surface area contributed by atoms with Gasteiger partial charge in [-0.05, 0) is 13.3 Å². The van der Waals surface area contributed by atoms with Crippen LogP contribution >= 0.6 is 0 Å². The van der Waals surface area contributed by atoms with Crippen LogP contribution in [0, 0.1) is 0 Å². The first-order chi connectivity index (χ1) is 6.65. The summed E-state index contributed by atoms with van der Waals surface area (Å²) in [4.78, 5) is 2.15. The van der Waals surface area contributed by atoms with Crippen LogP contribution in [0.1, 0.15) is 26.7 Å². The van der Waals surface area contributed by atoms with Crippen molar-refractivity contribution in [2.24, 2.45) is 0 Å². The minimum Gasteiger partial charge on any atom is -0.378 e. The van der Waals surface area contributed by atoms with E-state index in [9.17, 15) is 8.78 Å². The van der Waals surface area contributed by atoms with Gasteiger partial charge in [0.15, 0.2) is 0 Å². The fraction of sp³-hybridized carbons (Fsp3) is 1.00. The molecule has 1 fully saturated rings. The molecule has 0 spiro atoms. The fourth-order valence-electron chi connectivity index (χ4n) is 1.89. The quantitative estimate of drug-likeness (QED) is 0.700. The second-order valence-electron chi connectivity index (χ2n) is 3.85. The Labute approximate surface area is 84.2 Å². The summed E-state index contributed by atoms with van der Waals surface area (Å²) in [6, 6.07) is 0.279. The highest BCUT2D eigenvalue weighted by Crippen LogP contribution is 2.18. The molecule has 0 aromatic heterocycles. The Morgan fingerprint density at radius 2 is 2.21 bits per heavy atom. The summed E-state index contributed by atoms with van der Waals surface area (Å²) < 4.78 is 29.8. The molecule has 14 heavy (non-hydrogen) atoms. The molecule has 0 amide bonds. The number of hydrogen-bond donors (Lipinski definition) is 0. The summed E-state index contributed by atoms with van der Waals surface area (Å²) in [6.07, 6.45) is -1.29. The van der Waals surface area contributed by atoms with E-state index in [1.165, 1.54) is 0 Å². The summed E-state index contributed by atoms with van der Waals surface area (Å²) >= 11 is 0. The van der Waals surface area contributed by atoms with Gasteiger partial charge in [-0.3, -0.25) is 4.90 Å². The molecule has 0 radical (unpaired) electrons. The minimum absolute atomic E-state index is 0.0651. The molecule has 1 aliphatic rings. The molecule has 0 aliphatic carbocycles. The monoisotopic (exact) mass is 207 g/mol. The summed E-state index contributed by atoms with van der Waals surface area (Å²) in [5.41, 5.74) is 0. The van der Waals surface area contributed by atoms with Gasteiger partial charge in [0, 0.05) is 25.0 Å². The largest absolute Gasteiger partial charge is 0.378 e. The summed E-state index contributed by atoms with van der Waals surface area (Å²) in [7, 11) is 0. The van der Waals surface area contributed by atoms with Crippen molar-refractivity contribution in [3.05, 3.63) is 0 Å². The van der Waals surface area contributed by atoms with Gasteiger partial charge in [0.25, 0.3) is 0 Å². The van der Waals surface area contributed by atoms with E-state index in [4.69, 9.17) is 4.74 Å². The smallest absolute Gasteiger partial charge is 0.240 e. The number of nitrogens with zero attached hydrogens (tertiary/aromatic N) is 1. The Bertz CT molecular complexity index is 166. The van der Waals surface area contributed by atoms with Crippen LogP contribution in [0.2, 0.25) is 0 Å². The van der Waals surface area contributed by atoms with Gasteiger partial charge in [-0.2, -0.15) is 0 Å². The van der Waals surface area contributed by atoms with E-state index >= 15 is 0 Å². The lowest BCUT2D eigenvalue weighted by Crippen LogP contribution is -2.50. The molecular formula is C10H19F2NO. The normalized spacial score (nSPS) is 26.8. The van der Waals surface area contributed by atoms with Crippen molar-refractivity contribution in [2.45, 2.75) is 45.2 Å². The third-order valence-corrected chi connectivity index (χ3v) is 2.88. The van der Waals surface area contributed by atoms with E-state index in [2.05, 4.69) is 18.7 Å². The second kappa shape index (κ2) is 5.61. The van der Waals surface area contributed by atoms with Crippen molar-refractivity contribution in [1.82, 2.24) is 4.90 Å². The van der Waals surface area contributed by atoms with Crippen molar-refractivity contribution >= 4 is 0 Å². The first-order valence-corrected chi connectivity index (χ1v) is 5.26. The lowest BCUT2D eigenvalue weighted by molar-refractivity contribution is -0.0470. The molecule has 2 unspecified atom stereocenters. The zero-order valence-electron chi connectivity index (χ0n) is 8.88. The van der Waals surface area contributed by atoms with Crippen LogP contribution in [0.3, 0.4) is 0 Å². The van der Waals surface area contributed by atoms with Crippen LogP contribution in [0.25, 0.3) is 0 Å². The lowest BCUT2D eigenvalue weighted by atomic mass is 10.1. The van der Waals surface area contributed by atoms with Crippen molar-refractivity contribution in [3.8, 4) is 0 Å². The maximum absolute atomic E-state index is 12.3. The molecule has 84 valence electrons. The number of ether oxygens (including phenoxy) is 1. The van der Waals surface area contributed by atoms with Crippen molar-refractivity contribution in [3.63, 3.8) is 0 Å².